The highest BCUT2D eigenvalue weighted by Crippen LogP contribution is 2.35. The molecule has 3 aromatic carbocycles. The van der Waals surface area contributed by atoms with Crippen molar-refractivity contribution in [3.05, 3.63) is 66.2 Å². The molecule has 2 heterocycles. The van der Waals surface area contributed by atoms with Crippen LogP contribution in [0.2, 0.25) is 0 Å². The monoisotopic (exact) mass is 432 g/mol. The van der Waals surface area contributed by atoms with Gasteiger partial charge in [0.15, 0.2) is 5.13 Å². The van der Waals surface area contributed by atoms with Crippen LogP contribution in [0.1, 0.15) is 18.4 Å². The maximum absolute atomic E-state index is 13.5. The Hall–Kier alpha value is -2.96. The van der Waals surface area contributed by atoms with Gasteiger partial charge in [0.2, 0.25) is 5.91 Å². The average Bonchev–Trinajstić information content (AvgIpc) is 3.46. The van der Waals surface area contributed by atoms with Crippen LogP contribution in [-0.4, -0.2) is 37.3 Å². The molecule has 5 rings (SSSR count). The second-order valence-electron chi connectivity index (χ2n) is 7.80. The number of benzene rings is 3. The molecule has 5 nitrogen and oxygen atoms in total. The van der Waals surface area contributed by atoms with E-state index in [1.54, 1.807) is 12.0 Å². The third kappa shape index (κ3) is 4.13. The van der Waals surface area contributed by atoms with Crippen molar-refractivity contribution in [3.63, 3.8) is 0 Å². The Morgan fingerprint density at radius 3 is 2.84 bits per heavy atom. The lowest BCUT2D eigenvalue weighted by Gasteiger charge is -2.23. The van der Waals surface area contributed by atoms with Gasteiger partial charge in [-0.25, -0.2) is 4.98 Å². The minimum Gasteiger partial charge on any atom is -0.494 e. The van der Waals surface area contributed by atoms with E-state index in [4.69, 9.17) is 14.5 Å². The van der Waals surface area contributed by atoms with Crippen molar-refractivity contribution in [1.82, 2.24) is 4.98 Å². The Morgan fingerprint density at radius 1 is 1.16 bits per heavy atom. The lowest BCUT2D eigenvalue weighted by Crippen LogP contribution is -2.38. The molecule has 0 aliphatic carbocycles. The van der Waals surface area contributed by atoms with E-state index in [0.29, 0.717) is 18.1 Å². The molecular formula is C25H24N2O3S. The number of fused-ring (bicyclic) bond motifs is 2. The van der Waals surface area contributed by atoms with Gasteiger partial charge < -0.3 is 9.47 Å². The zero-order valence-corrected chi connectivity index (χ0v) is 18.2. The Kier molecular flexibility index (Phi) is 5.57. The first-order valence-electron chi connectivity index (χ1n) is 10.5. The normalized spacial score (nSPS) is 16.1. The molecule has 0 spiro atoms. The van der Waals surface area contributed by atoms with Crippen LogP contribution >= 0.6 is 11.3 Å². The van der Waals surface area contributed by atoms with Crippen molar-refractivity contribution >= 4 is 43.4 Å². The first-order valence-corrected chi connectivity index (χ1v) is 11.4. The summed E-state index contributed by atoms with van der Waals surface area (Å²) in [7, 11) is 1.64. The second-order valence-corrected chi connectivity index (χ2v) is 8.81. The summed E-state index contributed by atoms with van der Waals surface area (Å²) in [6.07, 6.45) is 2.37. The number of methoxy groups -OCH3 is 1. The van der Waals surface area contributed by atoms with Crippen LogP contribution in [0.15, 0.2) is 60.7 Å². The van der Waals surface area contributed by atoms with E-state index < -0.39 is 0 Å². The van der Waals surface area contributed by atoms with Crippen molar-refractivity contribution in [2.45, 2.75) is 25.4 Å². The van der Waals surface area contributed by atoms with Crippen LogP contribution in [0.5, 0.6) is 5.75 Å². The summed E-state index contributed by atoms with van der Waals surface area (Å²) in [6, 6.07) is 20.3. The van der Waals surface area contributed by atoms with Gasteiger partial charge in [0.1, 0.15) is 11.3 Å². The van der Waals surface area contributed by atoms with Gasteiger partial charge in [-0.3, -0.25) is 9.69 Å². The van der Waals surface area contributed by atoms with Crippen LogP contribution in [0.3, 0.4) is 0 Å². The standard InChI is InChI=1S/C25H24N2O3S/c1-29-21-9-4-10-22-24(21)26-25(31-22)27(16-20-8-5-13-30-20)23(28)15-17-11-12-18-6-2-3-7-19(18)14-17/h2-4,6-7,9-12,14,20H,5,8,13,15-16H2,1H3. The molecule has 0 saturated carbocycles. The van der Waals surface area contributed by atoms with E-state index in [9.17, 15) is 4.79 Å². The molecule has 1 fully saturated rings. The summed E-state index contributed by atoms with van der Waals surface area (Å²) in [5.41, 5.74) is 1.79. The number of nitrogens with zero attached hydrogens (tertiary/aromatic N) is 2. The van der Waals surface area contributed by atoms with Crippen molar-refractivity contribution < 1.29 is 14.3 Å². The number of rotatable bonds is 6. The number of carbonyl (C=O) groups is 1. The average molecular weight is 433 g/mol. The first kappa shape index (κ1) is 20.0. The molecule has 1 amide bonds. The largest absolute Gasteiger partial charge is 0.494 e. The molecule has 158 valence electrons. The molecule has 1 aromatic heterocycles. The number of amides is 1. The number of para-hydroxylation sites is 1. The van der Waals surface area contributed by atoms with Crippen molar-refractivity contribution in [1.29, 1.82) is 0 Å². The highest BCUT2D eigenvalue weighted by atomic mass is 32.1. The third-order valence-corrected chi connectivity index (χ3v) is 6.75. The van der Waals surface area contributed by atoms with Gasteiger partial charge in [-0.2, -0.15) is 0 Å². The number of carbonyl (C=O) groups excluding carboxylic acids is 1. The molecule has 1 saturated heterocycles. The van der Waals surface area contributed by atoms with Gasteiger partial charge in [0.05, 0.1) is 30.9 Å². The Bertz CT molecular complexity index is 1230. The fourth-order valence-corrected chi connectivity index (χ4v) is 5.10. The SMILES string of the molecule is COc1cccc2sc(N(CC3CCCO3)C(=O)Cc3ccc4ccccc4c3)nc12. The molecule has 0 N–H and O–H groups in total. The highest BCUT2D eigenvalue weighted by molar-refractivity contribution is 7.22. The zero-order chi connectivity index (χ0) is 21.2. The molecule has 1 aliphatic rings. The second kappa shape index (κ2) is 8.65. The third-order valence-electron chi connectivity index (χ3n) is 5.70. The summed E-state index contributed by atoms with van der Waals surface area (Å²) in [5.74, 6) is 0.753. The lowest BCUT2D eigenvalue weighted by atomic mass is 10.0. The maximum atomic E-state index is 13.5. The quantitative estimate of drug-likeness (QED) is 0.420. The van der Waals surface area contributed by atoms with Crippen LogP contribution in [0.4, 0.5) is 5.13 Å². The van der Waals surface area contributed by atoms with Gasteiger partial charge in [-0.15, -0.1) is 0 Å². The van der Waals surface area contributed by atoms with E-state index in [-0.39, 0.29) is 12.0 Å². The lowest BCUT2D eigenvalue weighted by molar-refractivity contribution is -0.118. The summed E-state index contributed by atoms with van der Waals surface area (Å²) in [4.78, 5) is 20.1. The fourth-order valence-electron chi connectivity index (χ4n) is 4.09. The topological polar surface area (TPSA) is 51.7 Å². The molecule has 0 radical (unpaired) electrons. The van der Waals surface area contributed by atoms with E-state index in [2.05, 4.69) is 24.3 Å². The number of thiazole rings is 1. The van der Waals surface area contributed by atoms with Gasteiger partial charge in [-0.05, 0) is 41.3 Å². The predicted molar refractivity (Wildman–Crippen MR) is 125 cm³/mol. The summed E-state index contributed by atoms with van der Waals surface area (Å²) in [5, 5.41) is 3.01. The minimum atomic E-state index is 0.0313. The van der Waals surface area contributed by atoms with Crippen LogP contribution in [0.25, 0.3) is 21.0 Å². The van der Waals surface area contributed by atoms with Gasteiger partial charge >= 0.3 is 0 Å². The number of aromatic nitrogens is 1. The summed E-state index contributed by atoms with van der Waals surface area (Å²) >= 11 is 1.52. The van der Waals surface area contributed by atoms with Crippen molar-refractivity contribution in [2.75, 3.05) is 25.2 Å². The van der Waals surface area contributed by atoms with Gasteiger partial charge in [0.25, 0.3) is 0 Å². The van der Waals surface area contributed by atoms with Crippen LogP contribution in [0, 0.1) is 0 Å². The molecule has 4 aromatic rings. The molecule has 31 heavy (non-hydrogen) atoms. The smallest absolute Gasteiger partial charge is 0.233 e. The number of hydrogen-bond acceptors (Lipinski definition) is 5. The predicted octanol–water partition coefficient (Wildman–Crippen LogP) is 5.21. The number of ether oxygens (including phenoxy) is 2. The fraction of sp³-hybridized carbons (Fsp3) is 0.280. The Balaban J connectivity index is 1.46. The molecule has 1 unspecified atom stereocenters. The summed E-state index contributed by atoms with van der Waals surface area (Å²) < 4.78 is 12.3. The van der Waals surface area contributed by atoms with Crippen LogP contribution in [-0.2, 0) is 16.0 Å². The van der Waals surface area contributed by atoms with Crippen LogP contribution < -0.4 is 9.64 Å². The number of anilines is 1. The number of hydrogen-bond donors (Lipinski definition) is 0. The van der Waals surface area contributed by atoms with E-state index in [0.717, 1.165) is 46.4 Å². The van der Waals surface area contributed by atoms with Gasteiger partial charge in [-0.1, -0.05) is 59.9 Å². The van der Waals surface area contributed by atoms with E-state index >= 15 is 0 Å². The maximum Gasteiger partial charge on any atom is 0.233 e. The molecule has 1 aliphatic heterocycles. The molecular weight excluding hydrogens is 408 g/mol. The Labute approximate surface area is 185 Å². The van der Waals surface area contributed by atoms with E-state index in [1.165, 1.54) is 16.7 Å². The molecule has 0 bridgehead atoms. The first-order chi connectivity index (χ1) is 15.2. The highest BCUT2D eigenvalue weighted by Gasteiger charge is 2.26. The van der Waals surface area contributed by atoms with Gasteiger partial charge in [0, 0.05) is 6.61 Å². The Morgan fingerprint density at radius 2 is 2.03 bits per heavy atom. The molecule has 6 heteroatoms. The van der Waals surface area contributed by atoms with Crippen molar-refractivity contribution in [3.8, 4) is 5.75 Å². The minimum absolute atomic E-state index is 0.0313. The van der Waals surface area contributed by atoms with Crippen molar-refractivity contribution in [2.24, 2.45) is 0 Å². The summed E-state index contributed by atoms with van der Waals surface area (Å²) in [6.45, 7) is 1.28. The zero-order valence-electron chi connectivity index (χ0n) is 17.4. The molecule has 1 atom stereocenters. The van der Waals surface area contributed by atoms with E-state index in [1.807, 2.05) is 36.4 Å².